The van der Waals surface area contributed by atoms with Crippen LogP contribution >= 0.6 is 0 Å². The van der Waals surface area contributed by atoms with Crippen LogP contribution in [0.25, 0.3) is 0 Å². The Kier molecular flexibility index (Phi) is 12.7. The second kappa shape index (κ2) is 12.2. The Morgan fingerprint density at radius 1 is 0.667 bits per heavy atom. The van der Waals surface area contributed by atoms with Gasteiger partial charge in [-0.15, -0.1) is 0 Å². The molecule has 0 aliphatic carbocycles. The van der Waals surface area contributed by atoms with E-state index in [9.17, 15) is 0 Å². The second-order valence-corrected chi connectivity index (χ2v) is 14.6. The summed E-state index contributed by atoms with van der Waals surface area (Å²) in [5.41, 5.74) is 0. The van der Waals surface area contributed by atoms with Gasteiger partial charge in [0.1, 0.15) is 0 Å². The van der Waals surface area contributed by atoms with Crippen molar-refractivity contribution in [1.82, 2.24) is 0 Å². The molecule has 0 aliphatic rings. The molecule has 4 nitrogen and oxygen atoms in total. The summed E-state index contributed by atoms with van der Waals surface area (Å²) in [4.78, 5) is 0. The fraction of sp³-hybridized carbons (Fsp3) is 1.00. The van der Waals surface area contributed by atoms with E-state index in [-0.39, 0.29) is 0 Å². The minimum atomic E-state index is -3.57. The van der Waals surface area contributed by atoms with E-state index < -0.39 is 26.5 Å². The zero-order valence-corrected chi connectivity index (χ0v) is 17.6. The van der Waals surface area contributed by atoms with Crippen LogP contribution < -0.4 is 0 Å². The molecular weight excluding hydrogens is 320 g/mol. The molecule has 0 aromatic carbocycles. The van der Waals surface area contributed by atoms with E-state index in [1.807, 2.05) is 0 Å². The Labute approximate surface area is 138 Å². The van der Waals surface area contributed by atoms with Crippen LogP contribution in [-0.4, -0.2) is 28.1 Å². The van der Waals surface area contributed by atoms with Crippen molar-refractivity contribution in [3.63, 3.8) is 0 Å². The molecular formula is C15H36O4SiTi. The minimum absolute atomic E-state index is 0.680. The molecule has 0 fully saturated rings. The van der Waals surface area contributed by atoms with Gasteiger partial charge >= 0.3 is 138 Å². The summed E-state index contributed by atoms with van der Waals surface area (Å²) in [5, 5.41) is 0. The van der Waals surface area contributed by atoms with Crippen molar-refractivity contribution in [3.8, 4) is 0 Å². The third-order valence-electron chi connectivity index (χ3n) is 2.76. The van der Waals surface area contributed by atoms with Gasteiger partial charge in [0.05, 0.1) is 0 Å². The molecule has 0 heterocycles. The number of hydrogen-bond acceptors (Lipinski definition) is 4. The standard InChI is InChI=1S/3C4H9O.C3H9OSi.Ti/c3*1-2-3-4-5;1-5(2,3)4;/h3*2-4H2,1H3;1-3H3;/q4*-1;+4. The Morgan fingerprint density at radius 2 is 1.00 bits per heavy atom. The molecule has 0 saturated carbocycles. The molecule has 0 aromatic rings. The molecule has 128 valence electrons. The van der Waals surface area contributed by atoms with E-state index in [2.05, 4.69) is 40.4 Å². The zero-order valence-electron chi connectivity index (χ0n) is 15.0. The first-order valence-electron chi connectivity index (χ1n) is 8.51. The molecule has 0 bridgehead atoms. The SMILES string of the molecule is CCCC[O][Ti]([O]CCCC)([O]CCCC)[O][Si](C)(C)C. The molecule has 0 rings (SSSR count). The van der Waals surface area contributed by atoms with Crippen molar-refractivity contribution < 1.29 is 31.1 Å². The van der Waals surface area contributed by atoms with Crippen LogP contribution in [0.2, 0.25) is 19.6 Å². The Morgan fingerprint density at radius 3 is 1.24 bits per heavy atom. The second-order valence-electron chi connectivity index (χ2n) is 6.32. The normalized spacial score (nSPS) is 12.9. The van der Waals surface area contributed by atoms with E-state index >= 15 is 0 Å². The van der Waals surface area contributed by atoms with Crippen LogP contribution in [0, 0.1) is 0 Å². The molecule has 0 aliphatic heterocycles. The molecule has 21 heavy (non-hydrogen) atoms. The molecule has 0 N–H and O–H groups in total. The number of hydrogen-bond donors (Lipinski definition) is 0. The Balaban J connectivity index is 4.78. The van der Waals surface area contributed by atoms with Crippen LogP contribution in [0.5, 0.6) is 0 Å². The number of rotatable bonds is 14. The maximum atomic E-state index is 6.32. The summed E-state index contributed by atoms with van der Waals surface area (Å²) in [6.45, 7) is 15.0. The summed E-state index contributed by atoms with van der Waals surface area (Å²) in [6, 6.07) is 0. The van der Waals surface area contributed by atoms with E-state index in [0.717, 1.165) is 38.5 Å². The van der Waals surface area contributed by atoms with Gasteiger partial charge in [-0.3, -0.25) is 0 Å². The predicted octanol–water partition coefficient (Wildman–Crippen LogP) is 5.10. The Bertz CT molecular complexity index is 220. The topological polar surface area (TPSA) is 36.9 Å². The van der Waals surface area contributed by atoms with Gasteiger partial charge in [0.25, 0.3) is 0 Å². The van der Waals surface area contributed by atoms with Crippen molar-refractivity contribution in [2.24, 2.45) is 0 Å². The van der Waals surface area contributed by atoms with Gasteiger partial charge in [-0.25, -0.2) is 0 Å². The van der Waals surface area contributed by atoms with Gasteiger partial charge in [-0.1, -0.05) is 0 Å². The first-order chi connectivity index (χ1) is 9.89. The summed E-state index contributed by atoms with van der Waals surface area (Å²) in [7, 11) is -1.76. The van der Waals surface area contributed by atoms with Crippen LogP contribution in [0.15, 0.2) is 0 Å². The molecule has 0 radical (unpaired) electrons. The molecule has 0 aromatic heterocycles. The van der Waals surface area contributed by atoms with Gasteiger partial charge in [0, 0.05) is 0 Å². The van der Waals surface area contributed by atoms with Crippen LogP contribution in [-0.2, 0) is 31.1 Å². The summed E-state index contributed by atoms with van der Waals surface area (Å²) in [5.74, 6) is 0. The zero-order chi connectivity index (χ0) is 16.2. The van der Waals surface area contributed by atoms with Gasteiger partial charge in [-0.2, -0.15) is 0 Å². The van der Waals surface area contributed by atoms with Gasteiger partial charge < -0.3 is 0 Å². The molecule has 0 atom stereocenters. The van der Waals surface area contributed by atoms with E-state index in [1.165, 1.54) is 0 Å². The molecule has 0 saturated heterocycles. The fourth-order valence-corrected chi connectivity index (χ4v) is 9.12. The summed E-state index contributed by atoms with van der Waals surface area (Å²) in [6.07, 6.45) is 6.39. The predicted molar refractivity (Wildman–Crippen MR) is 87.0 cm³/mol. The first kappa shape index (κ1) is 21.8. The van der Waals surface area contributed by atoms with Gasteiger partial charge in [0.15, 0.2) is 0 Å². The molecule has 0 amide bonds. The third kappa shape index (κ3) is 11.9. The first-order valence-corrected chi connectivity index (χ1v) is 14.5. The maximum absolute atomic E-state index is 6.32. The molecule has 0 spiro atoms. The number of unbranched alkanes of at least 4 members (excludes halogenated alkanes) is 3. The monoisotopic (exact) mass is 356 g/mol. The van der Waals surface area contributed by atoms with Gasteiger partial charge in [-0.05, 0) is 0 Å². The molecule has 0 unspecified atom stereocenters. The summed E-state index contributed by atoms with van der Waals surface area (Å²) >= 11 is -3.57. The van der Waals surface area contributed by atoms with Crippen LogP contribution in [0.4, 0.5) is 0 Å². The Hall–Kier alpha value is 0.771. The van der Waals surface area contributed by atoms with Crippen LogP contribution in [0.3, 0.4) is 0 Å². The van der Waals surface area contributed by atoms with E-state index in [4.69, 9.17) is 13.0 Å². The third-order valence-corrected chi connectivity index (χ3v) is 10.3. The quantitative estimate of drug-likeness (QED) is 0.320. The van der Waals surface area contributed by atoms with Crippen molar-refractivity contribution in [2.45, 2.75) is 78.9 Å². The van der Waals surface area contributed by atoms with Crippen molar-refractivity contribution in [2.75, 3.05) is 19.8 Å². The van der Waals surface area contributed by atoms with Crippen molar-refractivity contribution in [3.05, 3.63) is 0 Å². The average Bonchev–Trinajstić information content (AvgIpc) is 2.38. The molecule has 6 heteroatoms. The van der Waals surface area contributed by atoms with Gasteiger partial charge in [0.2, 0.25) is 0 Å². The van der Waals surface area contributed by atoms with Crippen molar-refractivity contribution >= 4 is 8.32 Å². The summed E-state index contributed by atoms with van der Waals surface area (Å²) < 4.78 is 24.6. The van der Waals surface area contributed by atoms with Crippen LogP contribution in [0.1, 0.15) is 59.3 Å². The van der Waals surface area contributed by atoms with E-state index in [0.29, 0.717) is 19.8 Å². The van der Waals surface area contributed by atoms with Crippen molar-refractivity contribution in [1.29, 1.82) is 0 Å². The average molecular weight is 356 g/mol. The van der Waals surface area contributed by atoms with E-state index in [1.54, 1.807) is 0 Å². The fourth-order valence-electron chi connectivity index (χ4n) is 1.61.